The van der Waals surface area contributed by atoms with Gasteiger partial charge in [-0.25, -0.2) is 0 Å². The van der Waals surface area contributed by atoms with Crippen LogP contribution in [-0.2, 0) is 0 Å². The van der Waals surface area contributed by atoms with Crippen LogP contribution < -0.4 is 5.32 Å². The lowest BCUT2D eigenvalue weighted by atomic mass is 10.3. The third-order valence-corrected chi connectivity index (χ3v) is 2.31. The molecule has 0 saturated carbocycles. The topological polar surface area (TPSA) is 75.1 Å². The summed E-state index contributed by atoms with van der Waals surface area (Å²) in [7, 11) is 0. The van der Waals surface area contributed by atoms with E-state index in [0.717, 1.165) is 4.90 Å². The minimum absolute atomic E-state index is 0.137. The van der Waals surface area contributed by atoms with Gasteiger partial charge >= 0.3 is 0 Å². The zero-order valence-electron chi connectivity index (χ0n) is 8.66. The van der Waals surface area contributed by atoms with Gasteiger partial charge in [0.1, 0.15) is 0 Å². The van der Waals surface area contributed by atoms with Crippen LogP contribution in [0, 0.1) is 0 Å². The number of thiol groups is 1. The van der Waals surface area contributed by atoms with Gasteiger partial charge in [0.25, 0.3) is 5.91 Å². The number of carbonyl (C=O) groups excluding carboxylic acids is 1. The van der Waals surface area contributed by atoms with E-state index >= 15 is 0 Å². The Hall–Kier alpha value is -2.08. The van der Waals surface area contributed by atoms with Crippen molar-refractivity contribution in [2.75, 3.05) is 5.32 Å². The summed E-state index contributed by atoms with van der Waals surface area (Å²) in [6.45, 7) is 0. The quantitative estimate of drug-likeness (QED) is 0.706. The smallest absolute Gasteiger partial charge is 0.276 e. The summed E-state index contributed by atoms with van der Waals surface area (Å²) in [5, 5.41) is 18.5. The van der Waals surface area contributed by atoms with Gasteiger partial charge < -0.3 is 10.4 Å². The first-order chi connectivity index (χ1) is 8.15. The van der Waals surface area contributed by atoms with Crippen LogP contribution in [0.4, 0.5) is 5.69 Å². The van der Waals surface area contributed by atoms with E-state index in [-0.39, 0.29) is 17.5 Å². The molecule has 1 aromatic carbocycles. The summed E-state index contributed by atoms with van der Waals surface area (Å²) < 4.78 is 0. The number of anilines is 1. The molecule has 0 unspecified atom stereocenters. The largest absolute Gasteiger partial charge is 0.492 e. The van der Waals surface area contributed by atoms with E-state index in [2.05, 4.69) is 28.1 Å². The third-order valence-electron chi connectivity index (χ3n) is 2.01. The molecule has 0 aliphatic carbocycles. The van der Waals surface area contributed by atoms with Gasteiger partial charge in [-0.15, -0.1) is 22.8 Å². The normalized spacial score (nSPS) is 9.94. The standard InChI is InChI=1S/C11H9N3O2S/c15-10-6-5-9(13-14-10)11(16)12-7-1-3-8(17)4-2-7/h1-6,17H,(H,12,16)(H,14,15). The molecule has 0 saturated heterocycles. The second-order valence-corrected chi connectivity index (χ2v) is 3.79. The van der Waals surface area contributed by atoms with Gasteiger partial charge in [0.05, 0.1) is 0 Å². The molecule has 1 heterocycles. The Morgan fingerprint density at radius 3 is 2.41 bits per heavy atom. The molecule has 0 atom stereocenters. The molecule has 0 spiro atoms. The van der Waals surface area contributed by atoms with Crippen LogP contribution in [0.25, 0.3) is 0 Å². The number of carbonyl (C=O) groups is 1. The Kier molecular flexibility index (Phi) is 3.24. The van der Waals surface area contributed by atoms with Gasteiger partial charge in [0, 0.05) is 16.6 Å². The number of hydrogen-bond donors (Lipinski definition) is 3. The van der Waals surface area contributed by atoms with Gasteiger partial charge in [-0.2, -0.15) is 0 Å². The number of nitrogens with one attached hydrogen (secondary N) is 1. The van der Waals surface area contributed by atoms with Crippen molar-refractivity contribution in [2.45, 2.75) is 4.90 Å². The number of rotatable bonds is 2. The molecule has 6 heteroatoms. The van der Waals surface area contributed by atoms with E-state index in [9.17, 15) is 4.79 Å². The molecule has 0 bridgehead atoms. The van der Waals surface area contributed by atoms with Gasteiger partial charge in [-0.3, -0.25) is 4.79 Å². The van der Waals surface area contributed by atoms with Crippen molar-refractivity contribution in [2.24, 2.45) is 0 Å². The summed E-state index contributed by atoms with van der Waals surface area (Å²) in [4.78, 5) is 12.5. The van der Waals surface area contributed by atoms with Crippen LogP contribution in [0.3, 0.4) is 0 Å². The lowest BCUT2D eigenvalue weighted by molar-refractivity contribution is 0.102. The minimum atomic E-state index is -0.385. The lowest BCUT2D eigenvalue weighted by Crippen LogP contribution is -2.13. The van der Waals surface area contributed by atoms with Crippen LogP contribution in [0.5, 0.6) is 5.88 Å². The number of aromatic nitrogens is 2. The van der Waals surface area contributed by atoms with Crippen molar-refractivity contribution < 1.29 is 9.90 Å². The maximum atomic E-state index is 11.7. The Morgan fingerprint density at radius 1 is 1.12 bits per heavy atom. The summed E-state index contributed by atoms with van der Waals surface area (Å²) >= 11 is 4.14. The molecule has 1 aromatic heterocycles. The van der Waals surface area contributed by atoms with Crippen molar-refractivity contribution in [3.05, 3.63) is 42.1 Å². The highest BCUT2D eigenvalue weighted by Gasteiger charge is 2.08. The predicted molar refractivity (Wildman–Crippen MR) is 65.3 cm³/mol. The van der Waals surface area contributed by atoms with Crippen LogP contribution in [0.2, 0.25) is 0 Å². The Labute approximate surface area is 103 Å². The molecule has 1 amide bonds. The molecular weight excluding hydrogens is 238 g/mol. The maximum absolute atomic E-state index is 11.7. The highest BCUT2D eigenvalue weighted by molar-refractivity contribution is 7.80. The molecule has 0 aliphatic rings. The molecule has 86 valence electrons. The zero-order chi connectivity index (χ0) is 12.3. The predicted octanol–water partition coefficient (Wildman–Crippen LogP) is 1.72. The average molecular weight is 247 g/mol. The molecule has 2 N–H and O–H groups in total. The van der Waals surface area contributed by atoms with E-state index in [4.69, 9.17) is 5.11 Å². The van der Waals surface area contributed by atoms with Gasteiger partial charge in [-0.05, 0) is 30.3 Å². The number of aromatic hydroxyl groups is 1. The van der Waals surface area contributed by atoms with Crippen LogP contribution in [0.1, 0.15) is 10.5 Å². The van der Waals surface area contributed by atoms with Gasteiger partial charge in [0.15, 0.2) is 5.69 Å². The van der Waals surface area contributed by atoms with E-state index in [1.165, 1.54) is 12.1 Å². The second kappa shape index (κ2) is 4.84. The first-order valence-electron chi connectivity index (χ1n) is 4.78. The molecule has 0 radical (unpaired) electrons. The number of benzene rings is 1. The van der Waals surface area contributed by atoms with E-state index in [1.807, 2.05) is 0 Å². The van der Waals surface area contributed by atoms with Crippen LogP contribution in [-0.4, -0.2) is 21.2 Å². The Balaban J connectivity index is 2.11. The average Bonchev–Trinajstić information content (AvgIpc) is 2.33. The minimum Gasteiger partial charge on any atom is -0.492 e. The first-order valence-corrected chi connectivity index (χ1v) is 5.23. The molecule has 17 heavy (non-hydrogen) atoms. The molecule has 0 aliphatic heterocycles. The van der Waals surface area contributed by atoms with Crippen LogP contribution >= 0.6 is 12.6 Å². The maximum Gasteiger partial charge on any atom is 0.276 e. The fourth-order valence-electron chi connectivity index (χ4n) is 1.19. The SMILES string of the molecule is O=C(Nc1ccc(S)cc1)c1ccc(O)nn1. The second-order valence-electron chi connectivity index (χ2n) is 3.28. The summed E-state index contributed by atoms with van der Waals surface area (Å²) in [6, 6.07) is 9.69. The van der Waals surface area contributed by atoms with Crippen LogP contribution in [0.15, 0.2) is 41.3 Å². The van der Waals surface area contributed by atoms with Gasteiger partial charge in [-0.1, -0.05) is 0 Å². The van der Waals surface area contributed by atoms with E-state index in [1.54, 1.807) is 24.3 Å². The van der Waals surface area contributed by atoms with Crippen molar-refractivity contribution in [3.8, 4) is 5.88 Å². The first kappa shape index (κ1) is 11.4. The third kappa shape index (κ3) is 2.94. The zero-order valence-corrected chi connectivity index (χ0v) is 9.56. The summed E-state index contributed by atoms with van der Waals surface area (Å²) in [5.74, 6) is -0.606. The van der Waals surface area contributed by atoms with Crippen molar-refractivity contribution in [3.63, 3.8) is 0 Å². The van der Waals surface area contributed by atoms with Crippen molar-refractivity contribution in [1.82, 2.24) is 10.2 Å². The fraction of sp³-hybridized carbons (Fsp3) is 0. The number of amides is 1. The van der Waals surface area contributed by atoms with Crippen molar-refractivity contribution >= 4 is 24.2 Å². The molecule has 5 nitrogen and oxygen atoms in total. The van der Waals surface area contributed by atoms with E-state index in [0.29, 0.717) is 5.69 Å². The fourth-order valence-corrected chi connectivity index (χ4v) is 1.34. The van der Waals surface area contributed by atoms with Crippen molar-refractivity contribution in [1.29, 1.82) is 0 Å². The molecular formula is C11H9N3O2S. The summed E-state index contributed by atoms with van der Waals surface area (Å²) in [5.41, 5.74) is 0.778. The highest BCUT2D eigenvalue weighted by atomic mass is 32.1. The molecule has 2 rings (SSSR count). The number of hydrogen-bond acceptors (Lipinski definition) is 5. The molecule has 0 fully saturated rings. The Bertz CT molecular complexity index is 525. The lowest BCUT2D eigenvalue weighted by Gasteiger charge is -2.04. The van der Waals surface area contributed by atoms with E-state index < -0.39 is 0 Å². The Morgan fingerprint density at radius 2 is 1.82 bits per heavy atom. The summed E-state index contributed by atoms with van der Waals surface area (Å²) in [6.07, 6.45) is 0. The number of nitrogens with zero attached hydrogens (tertiary/aromatic N) is 2. The molecule has 2 aromatic rings. The van der Waals surface area contributed by atoms with Gasteiger partial charge in [0.2, 0.25) is 5.88 Å². The highest BCUT2D eigenvalue weighted by Crippen LogP contribution is 2.13. The monoisotopic (exact) mass is 247 g/mol.